The number of hydrogen-bond donors (Lipinski definition) is 1. The van der Waals surface area contributed by atoms with Gasteiger partial charge in [-0.05, 0) is 51.3 Å². The minimum Gasteiger partial charge on any atom is -0.476 e. The summed E-state index contributed by atoms with van der Waals surface area (Å²) >= 11 is 0. The van der Waals surface area contributed by atoms with Gasteiger partial charge in [0.2, 0.25) is 5.91 Å². The first-order valence-electron chi connectivity index (χ1n) is 14.3. The lowest BCUT2D eigenvalue weighted by Crippen LogP contribution is -2.54. The number of anilines is 1. The SMILES string of the molecule is CCC(=O)NCCN1C(=O)C(C)(C)Oc2cc(C(F)(F)F)c(C(=O)N(CC)[C@H]3CCCC[C@@H]3c3ccccc3)cc21. The van der Waals surface area contributed by atoms with Crippen molar-refractivity contribution in [3.63, 3.8) is 0 Å². The number of alkyl halides is 3. The fourth-order valence-electron chi connectivity index (χ4n) is 5.94. The molecule has 3 amide bonds. The summed E-state index contributed by atoms with van der Waals surface area (Å²) in [5.41, 5.74) is -1.91. The molecule has 2 aliphatic rings. The number of carbonyl (C=O) groups excluding carboxylic acids is 3. The summed E-state index contributed by atoms with van der Waals surface area (Å²) in [5, 5.41) is 2.69. The third-order valence-electron chi connectivity index (χ3n) is 7.99. The van der Waals surface area contributed by atoms with E-state index in [0.717, 1.165) is 37.0 Å². The van der Waals surface area contributed by atoms with Crippen LogP contribution in [0, 0.1) is 0 Å². The largest absolute Gasteiger partial charge is 0.476 e. The summed E-state index contributed by atoms with van der Waals surface area (Å²) in [7, 11) is 0. The van der Waals surface area contributed by atoms with Gasteiger partial charge in [-0.1, -0.05) is 50.1 Å². The standard InChI is InChI=1S/C31H38F3N3O4/c1-5-27(38)35-16-17-37-25-18-22(23(31(32,33)34)19-26(25)41-30(3,4)29(37)40)28(39)36(6-2)24-15-11-10-14-21(24)20-12-8-7-9-13-20/h7-9,12-13,18-19,21,24H,5-6,10-11,14-17H2,1-4H3,(H,35,38)/t21-,24+/m1/s1. The molecule has 1 aliphatic carbocycles. The Hall–Kier alpha value is -3.56. The van der Waals surface area contributed by atoms with Crippen LogP contribution >= 0.6 is 0 Å². The summed E-state index contributed by atoms with van der Waals surface area (Å²) in [4.78, 5) is 42.0. The molecule has 0 unspecified atom stereocenters. The van der Waals surface area contributed by atoms with E-state index in [1.54, 1.807) is 18.7 Å². The third-order valence-corrected chi connectivity index (χ3v) is 7.99. The second-order valence-electron chi connectivity index (χ2n) is 11.1. The second-order valence-corrected chi connectivity index (χ2v) is 11.1. The molecule has 41 heavy (non-hydrogen) atoms. The highest BCUT2D eigenvalue weighted by Gasteiger charge is 2.45. The van der Waals surface area contributed by atoms with Gasteiger partial charge in [0, 0.05) is 38.0 Å². The molecular weight excluding hydrogens is 535 g/mol. The second kappa shape index (κ2) is 12.1. The Balaban J connectivity index is 1.77. The van der Waals surface area contributed by atoms with E-state index in [4.69, 9.17) is 4.74 Å². The van der Waals surface area contributed by atoms with Gasteiger partial charge in [0.25, 0.3) is 11.8 Å². The molecule has 1 heterocycles. The highest BCUT2D eigenvalue weighted by Crippen LogP contribution is 2.45. The van der Waals surface area contributed by atoms with Crippen molar-refractivity contribution in [1.82, 2.24) is 10.2 Å². The molecule has 222 valence electrons. The van der Waals surface area contributed by atoms with Crippen LogP contribution in [0.4, 0.5) is 18.9 Å². The van der Waals surface area contributed by atoms with Crippen LogP contribution in [0.25, 0.3) is 0 Å². The number of carbonyl (C=O) groups is 3. The number of nitrogens with zero attached hydrogens (tertiary/aromatic N) is 2. The molecule has 7 nitrogen and oxygen atoms in total. The van der Waals surface area contributed by atoms with E-state index in [1.807, 2.05) is 30.3 Å². The molecule has 0 aromatic heterocycles. The lowest BCUT2D eigenvalue weighted by Gasteiger charge is -2.41. The van der Waals surface area contributed by atoms with E-state index in [1.165, 1.54) is 18.7 Å². The number of halogens is 3. The monoisotopic (exact) mass is 573 g/mol. The molecule has 2 atom stereocenters. The first-order valence-corrected chi connectivity index (χ1v) is 14.3. The maximum Gasteiger partial charge on any atom is 0.417 e. The maximum absolute atomic E-state index is 14.5. The molecule has 2 aromatic rings. The number of fused-ring (bicyclic) bond motifs is 1. The van der Waals surface area contributed by atoms with E-state index in [9.17, 15) is 27.6 Å². The normalized spacial score (nSPS) is 20.2. The Kier molecular flexibility index (Phi) is 8.99. The first-order chi connectivity index (χ1) is 19.4. The first kappa shape index (κ1) is 30.4. The summed E-state index contributed by atoms with van der Waals surface area (Å²) in [5.74, 6) is -1.55. The van der Waals surface area contributed by atoms with Crippen molar-refractivity contribution in [2.24, 2.45) is 0 Å². The van der Waals surface area contributed by atoms with Crippen molar-refractivity contribution in [2.45, 2.75) is 83.5 Å². The Morgan fingerprint density at radius 3 is 2.41 bits per heavy atom. The topological polar surface area (TPSA) is 79.0 Å². The molecule has 1 aliphatic heterocycles. The molecule has 1 N–H and O–H groups in total. The molecule has 1 fully saturated rings. The molecule has 10 heteroatoms. The van der Waals surface area contributed by atoms with Crippen molar-refractivity contribution in [3.8, 4) is 5.75 Å². The predicted molar refractivity (Wildman–Crippen MR) is 150 cm³/mol. The molecule has 4 rings (SSSR count). The van der Waals surface area contributed by atoms with Crippen molar-refractivity contribution >= 4 is 23.4 Å². The van der Waals surface area contributed by atoms with Gasteiger partial charge in [0.1, 0.15) is 5.75 Å². The van der Waals surface area contributed by atoms with Crippen LogP contribution in [0.15, 0.2) is 42.5 Å². The minimum absolute atomic E-state index is 0.00481. The Labute approximate surface area is 239 Å². The zero-order valence-electron chi connectivity index (χ0n) is 24.0. The van der Waals surface area contributed by atoms with Crippen molar-refractivity contribution in [3.05, 3.63) is 59.2 Å². The van der Waals surface area contributed by atoms with Crippen LogP contribution in [-0.4, -0.2) is 53.9 Å². The van der Waals surface area contributed by atoms with Crippen LogP contribution in [0.5, 0.6) is 5.75 Å². The number of rotatable bonds is 8. The summed E-state index contributed by atoms with van der Waals surface area (Å²) in [6, 6.07) is 11.5. The van der Waals surface area contributed by atoms with Crippen LogP contribution in [0.2, 0.25) is 0 Å². The average molecular weight is 574 g/mol. The average Bonchev–Trinajstić information content (AvgIpc) is 2.94. The van der Waals surface area contributed by atoms with Gasteiger partial charge >= 0.3 is 6.18 Å². The highest BCUT2D eigenvalue weighted by molar-refractivity contribution is 6.05. The molecule has 1 saturated carbocycles. The molecule has 0 bridgehead atoms. The van der Waals surface area contributed by atoms with Gasteiger partial charge in [-0.2, -0.15) is 13.2 Å². The quantitative estimate of drug-likeness (QED) is 0.425. The fraction of sp³-hybridized carbons (Fsp3) is 0.516. The van der Waals surface area contributed by atoms with Gasteiger partial charge in [-0.15, -0.1) is 0 Å². The Morgan fingerprint density at radius 1 is 1.10 bits per heavy atom. The van der Waals surface area contributed by atoms with E-state index in [2.05, 4.69) is 5.32 Å². The number of likely N-dealkylation sites (N-methyl/N-ethyl adjacent to an activating group) is 1. The van der Waals surface area contributed by atoms with E-state index in [-0.39, 0.29) is 55.4 Å². The molecular formula is C31H38F3N3O4. The number of hydrogen-bond acceptors (Lipinski definition) is 4. The smallest absolute Gasteiger partial charge is 0.417 e. The van der Waals surface area contributed by atoms with Crippen molar-refractivity contribution < 1.29 is 32.3 Å². The summed E-state index contributed by atoms with van der Waals surface area (Å²) in [6.45, 7) is 6.77. The zero-order chi connectivity index (χ0) is 29.9. The van der Waals surface area contributed by atoms with Crippen molar-refractivity contribution in [2.75, 3.05) is 24.5 Å². The van der Waals surface area contributed by atoms with E-state index in [0.29, 0.717) is 6.42 Å². The van der Waals surface area contributed by atoms with Crippen LogP contribution in [0.3, 0.4) is 0 Å². The molecule has 2 aromatic carbocycles. The zero-order valence-corrected chi connectivity index (χ0v) is 24.0. The predicted octanol–water partition coefficient (Wildman–Crippen LogP) is 5.92. The Bertz CT molecular complexity index is 1280. The Morgan fingerprint density at radius 2 is 1.78 bits per heavy atom. The van der Waals surface area contributed by atoms with Gasteiger partial charge in [-0.3, -0.25) is 14.4 Å². The molecule has 0 radical (unpaired) electrons. The van der Waals surface area contributed by atoms with Gasteiger partial charge in [0.05, 0.1) is 16.8 Å². The van der Waals surface area contributed by atoms with Gasteiger partial charge < -0.3 is 19.9 Å². The number of ether oxygens (including phenoxy) is 1. The van der Waals surface area contributed by atoms with Crippen LogP contribution in [-0.2, 0) is 15.8 Å². The minimum atomic E-state index is -4.83. The third kappa shape index (κ3) is 6.36. The molecule has 0 saturated heterocycles. The number of benzene rings is 2. The van der Waals surface area contributed by atoms with Gasteiger partial charge in [0.15, 0.2) is 5.60 Å². The van der Waals surface area contributed by atoms with Gasteiger partial charge in [-0.25, -0.2) is 0 Å². The maximum atomic E-state index is 14.5. The summed E-state index contributed by atoms with van der Waals surface area (Å²) in [6.07, 6.45) is -1.20. The fourth-order valence-corrected chi connectivity index (χ4v) is 5.94. The lowest BCUT2D eigenvalue weighted by molar-refractivity contribution is -0.138. The lowest BCUT2D eigenvalue weighted by atomic mass is 9.79. The number of amides is 3. The van der Waals surface area contributed by atoms with Crippen LogP contribution in [0.1, 0.15) is 87.2 Å². The van der Waals surface area contributed by atoms with Crippen molar-refractivity contribution in [1.29, 1.82) is 0 Å². The van der Waals surface area contributed by atoms with E-state index >= 15 is 0 Å². The number of nitrogens with one attached hydrogen (secondary N) is 1. The highest BCUT2D eigenvalue weighted by atomic mass is 19.4. The molecule has 0 spiro atoms. The van der Waals surface area contributed by atoms with Crippen LogP contribution < -0.4 is 15.0 Å². The summed E-state index contributed by atoms with van der Waals surface area (Å²) < 4.78 is 49.2. The van der Waals surface area contributed by atoms with E-state index < -0.39 is 34.7 Å².